The van der Waals surface area contributed by atoms with Gasteiger partial charge in [-0.15, -0.1) is 0 Å². The SMILES string of the molecule is CCCN1CCCC2Cc3c(OC)ccc(OC)c3CC21. The van der Waals surface area contributed by atoms with Crippen molar-refractivity contribution in [1.29, 1.82) is 0 Å². The van der Waals surface area contributed by atoms with Gasteiger partial charge in [-0.2, -0.15) is 0 Å². The van der Waals surface area contributed by atoms with Crippen LogP contribution in [-0.2, 0) is 12.8 Å². The van der Waals surface area contributed by atoms with Crippen LogP contribution in [-0.4, -0.2) is 38.3 Å². The zero-order chi connectivity index (χ0) is 14.8. The van der Waals surface area contributed by atoms with E-state index in [0.29, 0.717) is 6.04 Å². The van der Waals surface area contributed by atoms with Crippen molar-refractivity contribution in [3.8, 4) is 11.5 Å². The van der Waals surface area contributed by atoms with Crippen LogP contribution in [0.3, 0.4) is 0 Å². The molecule has 0 radical (unpaired) electrons. The number of likely N-dealkylation sites (tertiary alicyclic amines) is 1. The van der Waals surface area contributed by atoms with Gasteiger partial charge in [0.05, 0.1) is 14.2 Å². The zero-order valence-corrected chi connectivity index (χ0v) is 13.5. The molecule has 1 aromatic carbocycles. The molecule has 0 spiro atoms. The molecule has 0 aromatic heterocycles. The lowest BCUT2D eigenvalue weighted by atomic mass is 9.74. The maximum absolute atomic E-state index is 5.61. The molecule has 1 heterocycles. The van der Waals surface area contributed by atoms with Crippen molar-refractivity contribution in [3.05, 3.63) is 23.3 Å². The summed E-state index contributed by atoms with van der Waals surface area (Å²) in [5.74, 6) is 2.85. The number of benzene rings is 1. The standard InChI is InChI=1S/C18H27NO2/c1-4-9-19-10-5-6-13-11-14-15(12-16(13)19)18(21-3)8-7-17(14)20-2/h7-8,13,16H,4-6,9-12H2,1-3H3. The van der Waals surface area contributed by atoms with Gasteiger partial charge in [0, 0.05) is 17.2 Å². The molecule has 1 aromatic rings. The van der Waals surface area contributed by atoms with E-state index < -0.39 is 0 Å². The zero-order valence-electron chi connectivity index (χ0n) is 13.5. The summed E-state index contributed by atoms with van der Waals surface area (Å²) in [6.07, 6.45) is 6.18. The number of nitrogens with zero attached hydrogens (tertiary/aromatic N) is 1. The van der Waals surface area contributed by atoms with Crippen molar-refractivity contribution >= 4 is 0 Å². The normalized spacial score (nSPS) is 25.1. The number of hydrogen-bond acceptors (Lipinski definition) is 3. The third kappa shape index (κ3) is 2.64. The van der Waals surface area contributed by atoms with Gasteiger partial charge in [-0.3, -0.25) is 4.90 Å². The van der Waals surface area contributed by atoms with Gasteiger partial charge in [0.25, 0.3) is 0 Å². The van der Waals surface area contributed by atoms with Crippen LogP contribution in [0.1, 0.15) is 37.3 Å². The van der Waals surface area contributed by atoms with E-state index in [2.05, 4.69) is 24.0 Å². The molecule has 2 atom stereocenters. The largest absolute Gasteiger partial charge is 0.496 e. The Hall–Kier alpha value is -1.22. The van der Waals surface area contributed by atoms with Gasteiger partial charge in [0.1, 0.15) is 11.5 Å². The summed E-state index contributed by atoms with van der Waals surface area (Å²) in [4.78, 5) is 2.70. The van der Waals surface area contributed by atoms with E-state index in [4.69, 9.17) is 9.47 Å². The highest BCUT2D eigenvalue weighted by Crippen LogP contribution is 2.42. The first-order valence-electron chi connectivity index (χ1n) is 8.25. The van der Waals surface area contributed by atoms with Crippen molar-refractivity contribution in [2.45, 2.75) is 45.1 Å². The average Bonchev–Trinajstić information content (AvgIpc) is 2.52. The van der Waals surface area contributed by atoms with Crippen molar-refractivity contribution < 1.29 is 9.47 Å². The molecule has 2 aliphatic rings. The topological polar surface area (TPSA) is 21.7 Å². The molecular weight excluding hydrogens is 262 g/mol. The Kier molecular flexibility index (Phi) is 4.39. The van der Waals surface area contributed by atoms with Gasteiger partial charge in [-0.25, -0.2) is 0 Å². The van der Waals surface area contributed by atoms with E-state index in [-0.39, 0.29) is 0 Å². The Balaban J connectivity index is 1.96. The van der Waals surface area contributed by atoms with Crippen molar-refractivity contribution in [2.75, 3.05) is 27.3 Å². The van der Waals surface area contributed by atoms with E-state index in [1.165, 1.54) is 43.5 Å². The summed E-state index contributed by atoms with van der Waals surface area (Å²) in [5.41, 5.74) is 2.76. The first kappa shape index (κ1) is 14.7. The molecule has 3 rings (SSSR count). The fourth-order valence-electron chi connectivity index (χ4n) is 4.26. The monoisotopic (exact) mass is 289 g/mol. The minimum absolute atomic E-state index is 0.687. The molecule has 1 aliphatic carbocycles. The average molecular weight is 289 g/mol. The number of methoxy groups -OCH3 is 2. The van der Waals surface area contributed by atoms with E-state index in [9.17, 15) is 0 Å². The summed E-state index contributed by atoms with van der Waals surface area (Å²) in [5, 5.41) is 0. The summed E-state index contributed by atoms with van der Waals surface area (Å²) in [7, 11) is 3.55. The summed E-state index contributed by atoms with van der Waals surface area (Å²) < 4.78 is 11.2. The maximum Gasteiger partial charge on any atom is 0.122 e. The third-order valence-corrected chi connectivity index (χ3v) is 5.21. The van der Waals surface area contributed by atoms with Gasteiger partial charge in [0.15, 0.2) is 0 Å². The Morgan fingerprint density at radius 2 is 1.76 bits per heavy atom. The van der Waals surface area contributed by atoms with Crippen LogP contribution in [0, 0.1) is 5.92 Å². The van der Waals surface area contributed by atoms with E-state index >= 15 is 0 Å². The van der Waals surface area contributed by atoms with Crippen LogP contribution in [0.15, 0.2) is 12.1 Å². The number of piperidine rings is 1. The molecule has 1 saturated heterocycles. The Morgan fingerprint density at radius 3 is 2.38 bits per heavy atom. The lowest BCUT2D eigenvalue weighted by molar-refractivity contribution is 0.0842. The summed E-state index contributed by atoms with van der Waals surface area (Å²) >= 11 is 0. The smallest absolute Gasteiger partial charge is 0.122 e. The van der Waals surface area contributed by atoms with Gasteiger partial charge in [-0.05, 0) is 63.2 Å². The van der Waals surface area contributed by atoms with Crippen molar-refractivity contribution in [3.63, 3.8) is 0 Å². The predicted molar refractivity (Wildman–Crippen MR) is 85.3 cm³/mol. The first-order chi connectivity index (χ1) is 10.3. The van der Waals surface area contributed by atoms with Crippen LogP contribution in [0.4, 0.5) is 0 Å². The van der Waals surface area contributed by atoms with Crippen LogP contribution in [0.2, 0.25) is 0 Å². The molecule has 1 aliphatic heterocycles. The molecule has 21 heavy (non-hydrogen) atoms. The highest BCUT2D eigenvalue weighted by molar-refractivity contribution is 5.51. The molecule has 116 valence electrons. The second kappa shape index (κ2) is 6.27. The second-order valence-electron chi connectivity index (χ2n) is 6.34. The molecule has 3 nitrogen and oxygen atoms in total. The van der Waals surface area contributed by atoms with Crippen LogP contribution in [0.25, 0.3) is 0 Å². The molecule has 0 amide bonds. The van der Waals surface area contributed by atoms with E-state index in [0.717, 1.165) is 30.3 Å². The number of fused-ring (bicyclic) bond motifs is 2. The number of ether oxygens (including phenoxy) is 2. The summed E-state index contributed by atoms with van der Waals surface area (Å²) in [6.45, 7) is 4.77. The highest BCUT2D eigenvalue weighted by Gasteiger charge is 2.37. The van der Waals surface area contributed by atoms with Gasteiger partial charge in [-0.1, -0.05) is 6.92 Å². The molecule has 1 fully saturated rings. The molecule has 0 N–H and O–H groups in total. The lowest BCUT2D eigenvalue weighted by Gasteiger charge is -2.45. The van der Waals surface area contributed by atoms with Crippen molar-refractivity contribution in [1.82, 2.24) is 4.90 Å². The lowest BCUT2D eigenvalue weighted by Crippen LogP contribution is -2.49. The van der Waals surface area contributed by atoms with Gasteiger partial charge in [0.2, 0.25) is 0 Å². The minimum Gasteiger partial charge on any atom is -0.496 e. The predicted octanol–water partition coefficient (Wildman–Crippen LogP) is 3.29. The fraction of sp³-hybridized carbons (Fsp3) is 0.667. The maximum atomic E-state index is 5.61. The second-order valence-corrected chi connectivity index (χ2v) is 6.34. The van der Waals surface area contributed by atoms with Gasteiger partial charge >= 0.3 is 0 Å². The molecule has 3 heteroatoms. The third-order valence-electron chi connectivity index (χ3n) is 5.21. The first-order valence-corrected chi connectivity index (χ1v) is 8.25. The van der Waals surface area contributed by atoms with E-state index in [1.54, 1.807) is 14.2 Å². The Labute approximate surface area is 128 Å². The van der Waals surface area contributed by atoms with Crippen molar-refractivity contribution in [2.24, 2.45) is 5.92 Å². The highest BCUT2D eigenvalue weighted by atomic mass is 16.5. The fourth-order valence-corrected chi connectivity index (χ4v) is 4.26. The molecule has 2 unspecified atom stereocenters. The molecular formula is C18H27NO2. The van der Waals surface area contributed by atoms with Crippen LogP contribution < -0.4 is 9.47 Å². The van der Waals surface area contributed by atoms with Crippen LogP contribution in [0.5, 0.6) is 11.5 Å². The summed E-state index contributed by atoms with van der Waals surface area (Å²) in [6, 6.07) is 4.81. The Morgan fingerprint density at radius 1 is 1.10 bits per heavy atom. The minimum atomic E-state index is 0.687. The van der Waals surface area contributed by atoms with Crippen LogP contribution >= 0.6 is 0 Å². The Bertz CT molecular complexity index is 498. The molecule has 0 saturated carbocycles. The quantitative estimate of drug-likeness (QED) is 0.849. The number of rotatable bonds is 4. The molecule has 0 bridgehead atoms. The number of hydrogen-bond donors (Lipinski definition) is 0. The van der Waals surface area contributed by atoms with Gasteiger partial charge < -0.3 is 9.47 Å². The van der Waals surface area contributed by atoms with E-state index in [1.807, 2.05) is 0 Å².